The Labute approximate surface area is 129 Å². The van der Waals surface area contributed by atoms with Crippen LogP contribution in [0.3, 0.4) is 0 Å². The second kappa shape index (κ2) is 4.35. The van der Waals surface area contributed by atoms with Crippen LogP contribution >= 0.6 is 0 Å². The van der Waals surface area contributed by atoms with Gasteiger partial charge in [-0.05, 0) is 44.9 Å². The van der Waals surface area contributed by atoms with Crippen LogP contribution in [-0.4, -0.2) is 17.4 Å². The van der Waals surface area contributed by atoms with Gasteiger partial charge < -0.3 is 14.7 Å². The van der Waals surface area contributed by atoms with Gasteiger partial charge in [0.15, 0.2) is 0 Å². The van der Waals surface area contributed by atoms with Crippen LogP contribution in [-0.2, 0) is 5.54 Å². The summed E-state index contributed by atoms with van der Waals surface area (Å²) in [5, 5.41) is 12.7. The van der Waals surface area contributed by atoms with Crippen LogP contribution in [0.25, 0.3) is 27.2 Å². The second-order valence-corrected chi connectivity index (χ2v) is 6.59. The third-order valence-corrected chi connectivity index (χ3v) is 4.70. The Kier molecular flexibility index (Phi) is 2.65. The van der Waals surface area contributed by atoms with Gasteiger partial charge in [0.25, 0.3) is 0 Å². The van der Waals surface area contributed by atoms with Crippen LogP contribution in [0.2, 0.25) is 0 Å². The summed E-state index contributed by atoms with van der Waals surface area (Å²) in [6.45, 7) is 7.18. The molecule has 0 saturated carbocycles. The van der Waals surface area contributed by atoms with Gasteiger partial charge in [-0.3, -0.25) is 0 Å². The van der Waals surface area contributed by atoms with E-state index in [4.69, 9.17) is 10.1 Å². The van der Waals surface area contributed by atoms with Crippen molar-refractivity contribution in [2.24, 2.45) is 0 Å². The molecule has 112 valence electrons. The van der Waals surface area contributed by atoms with Crippen LogP contribution in [0.1, 0.15) is 27.2 Å². The number of aromatic nitrogens is 1. The smallest absolute Gasteiger partial charge is 0.127 e. The highest BCUT2D eigenvalue weighted by atomic mass is 16.5. The van der Waals surface area contributed by atoms with Crippen molar-refractivity contribution in [3.05, 3.63) is 35.7 Å². The lowest BCUT2D eigenvalue weighted by molar-refractivity contribution is 0.344. The number of fused-ring (bicyclic) bond motifs is 3. The summed E-state index contributed by atoms with van der Waals surface area (Å²) >= 11 is 0. The number of nitrogens with zero attached hydrogens (tertiary/aromatic N) is 1. The highest BCUT2D eigenvalue weighted by molar-refractivity contribution is 6.15. The lowest BCUT2D eigenvalue weighted by atomic mass is 9.97. The van der Waals surface area contributed by atoms with Gasteiger partial charge in [0.1, 0.15) is 5.75 Å². The normalized spacial score (nSPS) is 16.4. The van der Waals surface area contributed by atoms with E-state index in [0.717, 1.165) is 17.7 Å². The zero-order chi connectivity index (χ0) is 15.5. The molecule has 1 aliphatic heterocycles. The Morgan fingerprint density at radius 1 is 1.23 bits per heavy atom. The molecule has 0 spiro atoms. The molecule has 4 rings (SSSR count). The summed E-state index contributed by atoms with van der Waals surface area (Å²) in [7, 11) is 0. The summed E-state index contributed by atoms with van der Waals surface area (Å²) < 4.78 is 8.21. The highest BCUT2D eigenvalue weighted by Gasteiger charge is 2.32. The van der Waals surface area contributed by atoms with E-state index in [1.165, 1.54) is 33.2 Å². The number of hydrogen-bond acceptors (Lipinski definition) is 2. The molecule has 0 unspecified atom stereocenters. The van der Waals surface area contributed by atoms with Crippen molar-refractivity contribution >= 4 is 33.5 Å². The van der Waals surface area contributed by atoms with E-state index in [2.05, 4.69) is 48.7 Å². The topological polar surface area (TPSA) is 38.0 Å². The van der Waals surface area contributed by atoms with E-state index in [-0.39, 0.29) is 5.54 Å². The Bertz CT molecular complexity index is 963. The minimum absolute atomic E-state index is 0.00129. The Hall–Kier alpha value is -2.29. The van der Waals surface area contributed by atoms with E-state index in [0.29, 0.717) is 6.61 Å². The molecule has 3 nitrogen and oxygen atoms in total. The fraction of sp³-hybridized carbons (Fsp3) is 0.316. The molecule has 3 aromatic rings. The lowest BCUT2D eigenvalue weighted by Gasteiger charge is -2.23. The van der Waals surface area contributed by atoms with E-state index in [1.807, 2.05) is 6.92 Å². The maximum atomic E-state index is 7.80. The van der Waals surface area contributed by atoms with Gasteiger partial charge in [0.2, 0.25) is 0 Å². The van der Waals surface area contributed by atoms with Gasteiger partial charge in [-0.1, -0.05) is 18.2 Å². The zero-order valence-electron chi connectivity index (χ0n) is 13.2. The van der Waals surface area contributed by atoms with E-state index in [9.17, 15) is 0 Å². The van der Waals surface area contributed by atoms with Crippen molar-refractivity contribution in [1.29, 1.82) is 5.41 Å². The maximum Gasteiger partial charge on any atom is 0.127 e. The van der Waals surface area contributed by atoms with Gasteiger partial charge in [-0.15, -0.1) is 0 Å². The number of rotatable bonds is 3. The molecule has 1 aromatic heterocycles. The zero-order valence-corrected chi connectivity index (χ0v) is 13.2. The number of benzene rings is 2. The molecule has 0 amide bonds. The maximum absolute atomic E-state index is 7.80. The van der Waals surface area contributed by atoms with Gasteiger partial charge >= 0.3 is 0 Å². The first-order chi connectivity index (χ1) is 10.6. The molecule has 2 heterocycles. The first-order valence-electron chi connectivity index (χ1n) is 7.81. The minimum atomic E-state index is 0.00129. The monoisotopic (exact) mass is 292 g/mol. The van der Waals surface area contributed by atoms with E-state index in [1.54, 1.807) is 0 Å². The van der Waals surface area contributed by atoms with Crippen LogP contribution in [0, 0.1) is 5.41 Å². The molecule has 22 heavy (non-hydrogen) atoms. The van der Waals surface area contributed by atoms with E-state index >= 15 is 0 Å². The predicted octanol–water partition coefficient (Wildman–Crippen LogP) is 3.85. The summed E-state index contributed by atoms with van der Waals surface area (Å²) in [5.41, 5.74) is 2.36. The molecule has 1 aliphatic rings. The third-order valence-electron chi connectivity index (χ3n) is 4.70. The average molecular weight is 292 g/mol. The van der Waals surface area contributed by atoms with Crippen molar-refractivity contribution in [2.75, 3.05) is 6.61 Å². The number of ether oxygens (including phenoxy) is 1. The minimum Gasteiger partial charge on any atom is -0.493 e. The molecule has 0 atom stereocenters. The summed E-state index contributed by atoms with van der Waals surface area (Å²) in [4.78, 5) is 0. The molecule has 0 aliphatic carbocycles. The average Bonchev–Trinajstić information content (AvgIpc) is 2.98. The summed E-state index contributed by atoms with van der Waals surface area (Å²) in [5.74, 6) is 0.944. The summed E-state index contributed by atoms with van der Waals surface area (Å²) in [6, 6.07) is 10.6. The molecule has 1 N–H and O–H groups in total. The summed E-state index contributed by atoms with van der Waals surface area (Å²) in [6.07, 6.45) is 2.43. The first-order valence-corrected chi connectivity index (χ1v) is 7.81. The predicted molar refractivity (Wildman–Crippen MR) is 92.0 cm³/mol. The number of hydrogen-bond donors (Lipinski definition) is 1. The number of nitrogens with one attached hydrogen (secondary N) is 1. The van der Waals surface area contributed by atoms with Gasteiger partial charge in [-0.2, -0.15) is 0 Å². The van der Waals surface area contributed by atoms with Crippen molar-refractivity contribution < 1.29 is 4.74 Å². The van der Waals surface area contributed by atoms with Crippen molar-refractivity contribution in [3.63, 3.8) is 0 Å². The van der Waals surface area contributed by atoms with Gasteiger partial charge in [-0.25, -0.2) is 0 Å². The fourth-order valence-corrected chi connectivity index (χ4v) is 3.96. The molecular formula is C19H20N2O. The van der Waals surface area contributed by atoms with Crippen molar-refractivity contribution in [2.45, 2.75) is 32.7 Å². The largest absolute Gasteiger partial charge is 0.493 e. The SMILES string of the molecule is CCOc1ccc2c3c1cccc3c1n2C(C)(C)CC=1C=N. The van der Waals surface area contributed by atoms with Crippen LogP contribution in [0.4, 0.5) is 0 Å². The molecule has 0 bridgehead atoms. The third kappa shape index (κ3) is 1.54. The van der Waals surface area contributed by atoms with Crippen LogP contribution in [0.5, 0.6) is 5.75 Å². The fourth-order valence-electron chi connectivity index (χ4n) is 3.96. The molecule has 2 aromatic carbocycles. The molecule has 3 heteroatoms. The van der Waals surface area contributed by atoms with Gasteiger partial charge in [0, 0.05) is 27.9 Å². The van der Waals surface area contributed by atoms with E-state index < -0.39 is 0 Å². The quantitative estimate of drug-likeness (QED) is 0.732. The second-order valence-electron chi connectivity index (χ2n) is 6.59. The van der Waals surface area contributed by atoms with Gasteiger partial charge in [0.05, 0.1) is 17.5 Å². The van der Waals surface area contributed by atoms with Crippen molar-refractivity contribution in [1.82, 2.24) is 4.57 Å². The Morgan fingerprint density at radius 3 is 2.73 bits per heavy atom. The molecular weight excluding hydrogens is 272 g/mol. The molecule has 0 saturated heterocycles. The van der Waals surface area contributed by atoms with Crippen molar-refractivity contribution in [3.8, 4) is 5.75 Å². The Balaban J connectivity index is 2.26. The first kappa shape index (κ1) is 13.4. The molecule has 0 fully saturated rings. The lowest BCUT2D eigenvalue weighted by Crippen LogP contribution is -2.27. The standard InChI is InChI=1S/C19H20N2O/c1-4-22-16-9-8-15-17-13(16)6-5-7-14(17)18-12(11-20)10-19(2,3)21(15)18/h5-9,11,20H,4,10H2,1-3H3. The highest BCUT2D eigenvalue weighted by Crippen LogP contribution is 2.39. The molecule has 0 radical (unpaired) electrons. The van der Waals surface area contributed by atoms with Crippen LogP contribution < -0.4 is 10.1 Å². The Morgan fingerprint density at radius 2 is 2.00 bits per heavy atom. The van der Waals surface area contributed by atoms with Crippen LogP contribution in [0.15, 0.2) is 30.3 Å².